The third-order valence-corrected chi connectivity index (χ3v) is 5.10. The van der Waals surface area contributed by atoms with Crippen molar-refractivity contribution >= 4 is 29.0 Å². The van der Waals surface area contributed by atoms with Crippen molar-refractivity contribution in [2.75, 3.05) is 37.8 Å². The smallest absolute Gasteiger partial charge is 0.335 e. The average Bonchev–Trinajstić information content (AvgIpc) is 2.70. The molecule has 1 heterocycles. The molecule has 2 aromatic rings. The fraction of sp³-hybridized carbons (Fsp3) is 0.333. The van der Waals surface area contributed by atoms with Crippen molar-refractivity contribution < 1.29 is 19.4 Å². The number of carboxylic acid groups (broad SMARTS) is 1. The van der Waals surface area contributed by atoms with Crippen LogP contribution in [0.1, 0.15) is 34.7 Å². The summed E-state index contributed by atoms with van der Waals surface area (Å²) in [5.74, 6) is -0.766. The topological polar surface area (TPSA) is 105 Å². The molecule has 0 spiro atoms. The number of nitrogen functional groups attached to an aromatic ring is 1. The lowest BCUT2D eigenvalue weighted by molar-refractivity contribution is -0.142. The van der Waals surface area contributed by atoms with Crippen LogP contribution in [0, 0.1) is 0 Å². The molecule has 0 aliphatic carbocycles. The second-order valence-corrected chi connectivity index (χ2v) is 6.98. The first kappa shape index (κ1) is 19.7. The lowest BCUT2D eigenvalue weighted by atomic mass is 9.89. The highest BCUT2D eigenvalue weighted by Gasteiger charge is 2.22. The number of esters is 1. The number of nitrogens with one attached hydrogen (secondary N) is 1. The number of piperidine rings is 1. The van der Waals surface area contributed by atoms with Crippen molar-refractivity contribution in [3.63, 3.8) is 0 Å². The number of hydrogen-bond acceptors (Lipinski definition) is 6. The van der Waals surface area contributed by atoms with E-state index in [1.54, 1.807) is 6.07 Å². The van der Waals surface area contributed by atoms with Crippen molar-refractivity contribution in [2.45, 2.75) is 18.8 Å². The molecule has 7 nitrogen and oxygen atoms in total. The molecular weight excluding hydrogens is 358 g/mol. The van der Waals surface area contributed by atoms with Crippen LogP contribution < -0.4 is 11.1 Å². The van der Waals surface area contributed by atoms with E-state index in [9.17, 15) is 9.59 Å². The number of hydrogen-bond donors (Lipinski definition) is 3. The molecule has 1 aliphatic rings. The Hall–Kier alpha value is -3.06. The Balaban J connectivity index is 1.65. The average molecular weight is 383 g/mol. The van der Waals surface area contributed by atoms with Crippen LogP contribution in [0.2, 0.25) is 0 Å². The maximum absolute atomic E-state index is 11.4. The van der Waals surface area contributed by atoms with E-state index in [2.05, 4.69) is 22.3 Å². The molecule has 0 unspecified atom stereocenters. The SMILES string of the molecule is COC(=O)CN1CCC(c2cccc(Nc3ccc(C(=O)O)cc3N)c2)CC1. The molecule has 0 aromatic heterocycles. The number of anilines is 3. The molecule has 148 valence electrons. The highest BCUT2D eigenvalue weighted by molar-refractivity contribution is 5.90. The standard InChI is InChI=1S/C21H25N3O4/c1-28-20(25)13-24-9-7-14(8-10-24)15-3-2-4-17(11-15)23-19-6-5-16(21(26)27)12-18(19)22/h2-6,11-12,14,23H,7-10,13,22H2,1H3,(H,26,27). The second-order valence-electron chi connectivity index (χ2n) is 6.98. The van der Waals surface area contributed by atoms with Crippen LogP contribution >= 0.6 is 0 Å². The van der Waals surface area contributed by atoms with Gasteiger partial charge in [-0.3, -0.25) is 9.69 Å². The summed E-state index contributed by atoms with van der Waals surface area (Å²) >= 11 is 0. The lowest BCUT2D eigenvalue weighted by Crippen LogP contribution is -2.37. The number of nitrogens with two attached hydrogens (primary N) is 1. The molecule has 2 aromatic carbocycles. The molecule has 0 bridgehead atoms. The fourth-order valence-electron chi connectivity index (χ4n) is 3.51. The van der Waals surface area contributed by atoms with Crippen molar-refractivity contribution in [3.8, 4) is 0 Å². The molecule has 0 radical (unpaired) electrons. The predicted molar refractivity (Wildman–Crippen MR) is 108 cm³/mol. The predicted octanol–water partition coefficient (Wildman–Crippen LogP) is 3.06. The molecule has 4 N–H and O–H groups in total. The van der Waals surface area contributed by atoms with E-state index in [-0.39, 0.29) is 11.5 Å². The molecule has 28 heavy (non-hydrogen) atoms. The maximum atomic E-state index is 11.4. The van der Waals surface area contributed by atoms with Crippen molar-refractivity contribution in [1.82, 2.24) is 4.90 Å². The summed E-state index contributed by atoms with van der Waals surface area (Å²) in [6.45, 7) is 2.07. The van der Waals surface area contributed by atoms with E-state index >= 15 is 0 Å². The first-order valence-corrected chi connectivity index (χ1v) is 9.25. The highest BCUT2D eigenvalue weighted by atomic mass is 16.5. The molecule has 7 heteroatoms. The van der Waals surface area contributed by atoms with Gasteiger partial charge in [0.2, 0.25) is 0 Å². The summed E-state index contributed by atoms with van der Waals surface area (Å²) in [5.41, 5.74) is 9.36. The molecule has 1 saturated heterocycles. The van der Waals surface area contributed by atoms with Gasteiger partial charge in [0.1, 0.15) is 0 Å². The van der Waals surface area contributed by atoms with Gasteiger partial charge in [0.15, 0.2) is 0 Å². The number of benzene rings is 2. The van der Waals surface area contributed by atoms with Crippen LogP contribution in [0.25, 0.3) is 0 Å². The normalized spacial score (nSPS) is 15.2. The largest absolute Gasteiger partial charge is 0.478 e. The van der Waals surface area contributed by atoms with Gasteiger partial charge in [-0.15, -0.1) is 0 Å². The molecule has 0 saturated carbocycles. The quantitative estimate of drug-likeness (QED) is 0.520. The summed E-state index contributed by atoms with van der Waals surface area (Å²) in [6, 6.07) is 12.8. The number of nitrogens with zero attached hydrogens (tertiary/aromatic N) is 1. The fourth-order valence-corrected chi connectivity index (χ4v) is 3.51. The molecule has 1 fully saturated rings. The van der Waals surface area contributed by atoms with Crippen molar-refractivity contribution in [3.05, 3.63) is 53.6 Å². The number of methoxy groups -OCH3 is 1. The number of ether oxygens (including phenoxy) is 1. The first-order valence-electron chi connectivity index (χ1n) is 9.25. The molecule has 0 amide bonds. The van der Waals surface area contributed by atoms with E-state index in [1.807, 2.05) is 12.1 Å². The lowest BCUT2D eigenvalue weighted by Gasteiger charge is -2.31. The zero-order valence-corrected chi connectivity index (χ0v) is 15.9. The van der Waals surface area contributed by atoms with Crippen LogP contribution in [0.4, 0.5) is 17.1 Å². The van der Waals surface area contributed by atoms with E-state index in [0.717, 1.165) is 31.6 Å². The van der Waals surface area contributed by atoms with Gasteiger partial charge in [-0.25, -0.2) is 4.79 Å². The van der Waals surface area contributed by atoms with Crippen LogP contribution in [0.15, 0.2) is 42.5 Å². The third-order valence-electron chi connectivity index (χ3n) is 5.10. The van der Waals surface area contributed by atoms with Crippen LogP contribution in [-0.2, 0) is 9.53 Å². The van der Waals surface area contributed by atoms with E-state index < -0.39 is 5.97 Å². The van der Waals surface area contributed by atoms with Gasteiger partial charge in [-0.2, -0.15) is 0 Å². The summed E-state index contributed by atoms with van der Waals surface area (Å²) in [4.78, 5) is 24.6. The molecule has 1 aliphatic heterocycles. The minimum Gasteiger partial charge on any atom is -0.478 e. The van der Waals surface area contributed by atoms with Gasteiger partial charge in [0.05, 0.1) is 30.6 Å². The Morgan fingerprint density at radius 1 is 1.21 bits per heavy atom. The minimum atomic E-state index is -1.00. The zero-order valence-electron chi connectivity index (χ0n) is 15.9. The first-order chi connectivity index (χ1) is 13.5. The molecular formula is C21H25N3O4. The number of likely N-dealkylation sites (tertiary alicyclic amines) is 1. The summed E-state index contributed by atoms with van der Waals surface area (Å²) in [5, 5.41) is 12.3. The maximum Gasteiger partial charge on any atom is 0.335 e. The van der Waals surface area contributed by atoms with Crippen molar-refractivity contribution in [1.29, 1.82) is 0 Å². The van der Waals surface area contributed by atoms with Gasteiger partial charge < -0.3 is 20.9 Å². The highest BCUT2D eigenvalue weighted by Crippen LogP contribution is 2.31. The number of carbonyl (C=O) groups is 2. The van der Waals surface area contributed by atoms with Gasteiger partial charge >= 0.3 is 11.9 Å². The Morgan fingerprint density at radius 3 is 2.61 bits per heavy atom. The van der Waals surface area contributed by atoms with Gasteiger partial charge in [0, 0.05) is 5.69 Å². The third kappa shape index (κ3) is 4.80. The summed E-state index contributed by atoms with van der Waals surface area (Å²) in [7, 11) is 1.41. The van der Waals surface area contributed by atoms with Gasteiger partial charge in [-0.1, -0.05) is 12.1 Å². The summed E-state index contributed by atoms with van der Waals surface area (Å²) in [6.07, 6.45) is 1.96. The molecule has 0 atom stereocenters. The van der Waals surface area contributed by atoms with E-state index in [4.69, 9.17) is 15.6 Å². The number of aromatic carboxylic acids is 1. The number of carboxylic acids is 1. The molecule has 3 rings (SSSR count). The minimum absolute atomic E-state index is 0.163. The Morgan fingerprint density at radius 2 is 1.96 bits per heavy atom. The second kappa shape index (κ2) is 8.75. The van der Waals surface area contributed by atoms with Gasteiger partial charge in [0.25, 0.3) is 0 Å². The number of carbonyl (C=O) groups excluding carboxylic acids is 1. The van der Waals surface area contributed by atoms with Crippen LogP contribution in [-0.4, -0.2) is 48.7 Å². The van der Waals surface area contributed by atoms with Crippen molar-refractivity contribution in [2.24, 2.45) is 0 Å². The van der Waals surface area contributed by atoms with Crippen LogP contribution in [0.3, 0.4) is 0 Å². The van der Waals surface area contributed by atoms with E-state index in [1.165, 1.54) is 24.8 Å². The van der Waals surface area contributed by atoms with Gasteiger partial charge in [-0.05, 0) is 67.7 Å². The van der Waals surface area contributed by atoms with Crippen LogP contribution in [0.5, 0.6) is 0 Å². The Labute approximate surface area is 164 Å². The monoisotopic (exact) mass is 383 g/mol. The van der Waals surface area contributed by atoms with E-state index in [0.29, 0.717) is 23.8 Å². The zero-order chi connectivity index (χ0) is 20.1. The summed E-state index contributed by atoms with van der Waals surface area (Å²) < 4.78 is 4.74. The Kier molecular flexibility index (Phi) is 6.16. The Bertz CT molecular complexity index is 860. The number of rotatable bonds is 6.